The summed E-state index contributed by atoms with van der Waals surface area (Å²) < 4.78 is 1.98. The van der Waals surface area contributed by atoms with Crippen molar-refractivity contribution in [3.05, 3.63) is 88.8 Å². The number of benzene rings is 2. The lowest BCUT2D eigenvalue weighted by molar-refractivity contribution is 0.415. The zero-order valence-electron chi connectivity index (χ0n) is 21.4. The van der Waals surface area contributed by atoms with Gasteiger partial charge in [0.2, 0.25) is 5.95 Å². The van der Waals surface area contributed by atoms with E-state index in [0.717, 1.165) is 92.7 Å². The minimum absolute atomic E-state index is 0.0663. The monoisotopic (exact) mass is 493 g/mol. The van der Waals surface area contributed by atoms with Crippen LogP contribution in [0.5, 0.6) is 0 Å². The van der Waals surface area contributed by atoms with Gasteiger partial charge in [-0.3, -0.25) is 9.36 Å². The fourth-order valence-electron chi connectivity index (χ4n) is 5.94. The van der Waals surface area contributed by atoms with Crippen LogP contribution in [0.2, 0.25) is 0 Å². The Morgan fingerprint density at radius 2 is 1.59 bits per heavy atom. The molecule has 6 heteroatoms. The molecule has 2 aromatic carbocycles. The van der Waals surface area contributed by atoms with E-state index in [0.29, 0.717) is 6.04 Å². The average Bonchev–Trinajstić information content (AvgIpc) is 3.48. The Hall–Kier alpha value is -3.51. The second-order valence-corrected chi connectivity index (χ2v) is 10.4. The third-order valence-corrected chi connectivity index (χ3v) is 8.00. The Morgan fingerprint density at radius 1 is 0.892 bits per heavy atom. The quantitative estimate of drug-likeness (QED) is 0.375. The van der Waals surface area contributed by atoms with Crippen LogP contribution in [0.25, 0.3) is 22.2 Å². The van der Waals surface area contributed by atoms with Crippen molar-refractivity contribution in [2.24, 2.45) is 0 Å². The smallest absolute Gasteiger partial charge is 0.260 e. The Kier molecular flexibility index (Phi) is 7.00. The molecule has 1 saturated heterocycles. The number of anilines is 1. The summed E-state index contributed by atoms with van der Waals surface area (Å²) in [5, 5.41) is 4.67. The molecule has 1 aliphatic heterocycles. The molecule has 3 heterocycles. The van der Waals surface area contributed by atoms with Gasteiger partial charge in [-0.25, -0.2) is 4.98 Å². The van der Waals surface area contributed by atoms with Crippen LogP contribution in [0.4, 0.5) is 5.95 Å². The molecule has 6 rings (SSSR count). The SMILES string of the molecule is O=c1c(-c2ccccc2)cc2cnc(N3CCC(NCCc4ccccc4)CC3)nc2n1C1CCCC1. The van der Waals surface area contributed by atoms with Gasteiger partial charge in [0.25, 0.3) is 5.56 Å². The highest BCUT2D eigenvalue weighted by molar-refractivity contribution is 5.81. The van der Waals surface area contributed by atoms with Gasteiger partial charge in [-0.1, -0.05) is 73.5 Å². The predicted molar refractivity (Wildman–Crippen MR) is 150 cm³/mol. The average molecular weight is 494 g/mol. The molecule has 1 aliphatic carbocycles. The molecule has 1 N–H and O–H groups in total. The maximum Gasteiger partial charge on any atom is 0.260 e. The third kappa shape index (κ3) is 5.16. The van der Waals surface area contributed by atoms with Crippen molar-refractivity contribution >= 4 is 17.0 Å². The van der Waals surface area contributed by atoms with Gasteiger partial charge in [0.1, 0.15) is 5.65 Å². The highest BCUT2D eigenvalue weighted by Crippen LogP contribution is 2.32. The van der Waals surface area contributed by atoms with Gasteiger partial charge in [-0.2, -0.15) is 4.98 Å². The molecule has 6 nitrogen and oxygen atoms in total. The van der Waals surface area contributed by atoms with Gasteiger partial charge in [0.05, 0.1) is 0 Å². The van der Waals surface area contributed by atoms with E-state index < -0.39 is 0 Å². The van der Waals surface area contributed by atoms with Gasteiger partial charge in [-0.05, 0) is 55.8 Å². The second kappa shape index (κ2) is 10.9. The van der Waals surface area contributed by atoms with Gasteiger partial charge in [0.15, 0.2) is 0 Å². The first-order valence-corrected chi connectivity index (χ1v) is 13.8. The number of aromatic nitrogens is 3. The fraction of sp³-hybridized carbons (Fsp3) is 0.387. The topological polar surface area (TPSA) is 63.1 Å². The number of nitrogens with zero attached hydrogens (tertiary/aromatic N) is 4. The molecule has 2 aliphatic rings. The van der Waals surface area contributed by atoms with E-state index in [-0.39, 0.29) is 11.6 Å². The largest absolute Gasteiger partial charge is 0.341 e. The Morgan fingerprint density at radius 3 is 2.32 bits per heavy atom. The summed E-state index contributed by atoms with van der Waals surface area (Å²) >= 11 is 0. The van der Waals surface area contributed by atoms with Gasteiger partial charge < -0.3 is 10.2 Å². The number of fused-ring (bicyclic) bond motifs is 1. The maximum atomic E-state index is 13.8. The summed E-state index contributed by atoms with van der Waals surface area (Å²) in [6.45, 7) is 2.84. The second-order valence-electron chi connectivity index (χ2n) is 10.4. The first kappa shape index (κ1) is 23.9. The summed E-state index contributed by atoms with van der Waals surface area (Å²) in [5.74, 6) is 0.744. The van der Waals surface area contributed by atoms with Crippen LogP contribution in [-0.4, -0.2) is 40.2 Å². The predicted octanol–water partition coefficient (Wildman–Crippen LogP) is 5.37. The summed E-state index contributed by atoms with van der Waals surface area (Å²) in [5.41, 5.74) is 3.91. The zero-order valence-corrected chi connectivity index (χ0v) is 21.4. The van der Waals surface area contributed by atoms with Gasteiger partial charge >= 0.3 is 0 Å². The van der Waals surface area contributed by atoms with Crippen molar-refractivity contribution in [2.75, 3.05) is 24.5 Å². The molecule has 0 amide bonds. The molecular formula is C31H35N5O. The van der Waals surface area contributed by atoms with Crippen LogP contribution < -0.4 is 15.8 Å². The van der Waals surface area contributed by atoms with Crippen LogP contribution in [-0.2, 0) is 6.42 Å². The molecule has 190 valence electrons. The third-order valence-electron chi connectivity index (χ3n) is 8.00. The lowest BCUT2D eigenvalue weighted by Crippen LogP contribution is -2.43. The minimum Gasteiger partial charge on any atom is -0.341 e. The van der Waals surface area contributed by atoms with E-state index in [9.17, 15) is 4.79 Å². The van der Waals surface area contributed by atoms with Crippen molar-refractivity contribution in [2.45, 2.75) is 57.0 Å². The van der Waals surface area contributed by atoms with Crippen molar-refractivity contribution in [3.63, 3.8) is 0 Å². The van der Waals surface area contributed by atoms with Crippen LogP contribution in [0, 0.1) is 0 Å². The Bertz CT molecular complexity index is 1390. The van der Waals surface area contributed by atoms with E-state index in [1.165, 1.54) is 5.56 Å². The van der Waals surface area contributed by atoms with E-state index >= 15 is 0 Å². The van der Waals surface area contributed by atoms with Crippen molar-refractivity contribution < 1.29 is 0 Å². The molecule has 37 heavy (non-hydrogen) atoms. The number of rotatable bonds is 7. The van der Waals surface area contributed by atoms with Crippen LogP contribution in [0.3, 0.4) is 0 Å². The summed E-state index contributed by atoms with van der Waals surface area (Å²) in [7, 11) is 0. The van der Waals surface area contributed by atoms with E-state index in [1.807, 2.05) is 47.2 Å². The first-order valence-electron chi connectivity index (χ1n) is 13.8. The number of hydrogen-bond donors (Lipinski definition) is 1. The molecule has 1 saturated carbocycles. The molecule has 0 atom stereocenters. The fourth-order valence-corrected chi connectivity index (χ4v) is 5.94. The minimum atomic E-state index is 0.0663. The number of hydrogen-bond acceptors (Lipinski definition) is 5. The van der Waals surface area contributed by atoms with Crippen LogP contribution >= 0.6 is 0 Å². The normalized spacial score (nSPS) is 17.0. The lowest BCUT2D eigenvalue weighted by Gasteiger charge is -2.32. The highest BCUT2D eigenvalue weighted by atomic mass is 16.1. The molecule has 0 bridgehead atoms. The molecule has 0 radical (unpaired) electrons. The molecule has 2 aromatic heterocycles. The molecular weight excluding hydrogens is 458 g/mol. The van der Waals surface area contributed by atoms with E-state index in [2.05, 4.69) is 40.5 Å². The highest BCUT2D eigenvalue weighted by Gasteiger charge is 2.25. The van der Waals surface area contributed by atoms with Crippen molar-refractivity contribution in [3.8, 4) is 11.1 Å². The van der Waals surface area contributed by atoms with E-state index in [1.54, 1.807) is 0 Å². The summed E-state index contributed by atoms with van der Waals surface area (Å²) in [6, 6.07) is 23.3. The van der Waals surface area contributed by atoms with Gasteiger partial charge in [-0.15, -0.1) is 0 Å². The molecule has 2 fully saturated rings. The summed E-state index contributed by atoms with van der Waals surface area (Å²) in [4.78, 5) is 25.9. The zero-order chi connectivity index (χ0) is 25.0. The maximum absolute atomic E-state index is 13.8. The number of pyridine rings is 1. The van der Waals surface area contributed by atoms with Crippen molar-refractivity contribution in [1.82, 2.24) is 19.9 Å². The number of piperidine rings is 1. The Labute approximate surface area is 218 Å². The lowest BCUT2D eigenvalue weighted by atomic mass is 10.0. The Balaban J connectivity index is 1.21. The molecule has 0 spiro atoms. The van der Waals surface area contributed by atoms with Crippen LogP contribution in [0.1, 0.15) is 50.1 Å². The first-order chi connectivity index (χ1) is 18.3. The van der Waals surface area contributed by atoms with Gasteiger partial charge in [0, 0.05) is 42.3 Å². The molecule has 0 unspecified atom stereocenters. The van der Waals surface area contributed by atoms with E-state index in [4.69, 9.17) is 9.97 Å². The van der Waals surface area contributed by atoms with Crippen molar-refractivity contribution in [1.29, 1.82) is 0 Å². The molecule has 4 aromatic rings. The number of nitrogens with one attached hydrogen (secondary N) is 1. The summed E-state index contributed by atoms with van der Waals surface area (Å²) in [6.07, 6.45) is 9.50. The van der Waals surface area contributed by atoms with Crippen LogP contribution in [0.15, 0.2) is 77.7 Å². The standard InChI is InChI=1S/C31H35N5O/c37-30-28(24-11-5-2-6-12-24)21-25-22-33-31(34-29(25)36(30)27-13-7-8-14-27)35-19-16-26(17-20-35)32-18-15-23-9-3-1-4-10-23/h1-6,9-12,21-22,26-27,32H,7-8,13-20H2.